The minimum Gasteiger partial charge on any atom is -0.484 e. The summed E-state index contributed by atoms with van der Waals surface area (Å²) in [7, 11) is 0. The number of carbonyl (C=O) groups excluding carboxylic acids is 2. The lowest BCUT2D eigenvalue weighted by molar-refractivity contribution is -0.141. The Morgan fingerprint density at radius 3 is 2.39 bits per heavy atom. The predicted octanol–water partition coefficient (Wildman–Crippen LogP) is 3.86. The number of nitrogens with zero attached hydrogens (tertiary/aromatic N) is 1. The van der Waals surface area contributed by atoms with Gasteiger partial charge in [0.05, 0.1) is 0 Å². The van der Waals surface area contributed by atoms with Crippen molar-refractivity contribution in [2.45, 2.75) is 59.0 Å². The van der Waals surface area contributed by atoms with Crippen molar-refractivity contribution in [1.82, 2.24) is 4.90 Å². The number of likely N-dealkylation sites (tertiary alicyclic amines) is 1. The predicted molar refractivity (Wildman–Crippen MR) is 110 cm³/mol. The first-order chi connectivity index (χ1) is 13.3. The topological polar surface area (TPSA) is 67.9 Å². The number of hydrogen-bond donors (Lipinski definition) is 1. The van der Waals surface area contributed by atoms with Crippen molar-refractivity contribution in [3.63, 3.8) is 0 Å². The van der Waals surface area contributed by atoms with E-state index in [0.29, 0.717) is 30.4 Å². The van der Waals surface area contributed by atoms with E-state index in [9.17, 15) is 9.59 Å². The highest BCUT2D eigenvalue weighted by Gasteiger charge is 2.34. The molecule has 1 atom stereocenters. The van der Waals surface area contributed by atoms with Gasteiger partial charge in [0.2, 0.25) is 0 Å². The molecule has 2 amide bonds. The lowest BCUT2D eigenvalue weighted by Gasteiger charge is -2.30. The van der Waals surface area contributed by atoms with Crippen molar-refractivity contribution in [3.05, 3.63) is 24.3 Å². The molecular formula is C22H34N2O4. The Kier molecular flexibility index (Phi) is 8.30. The average molecular weight is 391 g/mol. The van der Waals surface area contributed by atoms with E-state index in [-0.39, 0.29) is 18.4 Å². The van der Waals surface area contributed by atoms with Crippen LogP contribution in [0.1, 0.15) is 53.4 Å². The quantitative estimate of drug-likeness (QED) is 0.659. The van der Waals surface area contributed by atoms with E-state index in [2.05, 4.69) is 19.2 Å². The molecule has 6 nitrogen and oxygen atoms in total. The number of benzene rings is 1. The van der Waals surface area contributed by atoms with Crippen molar-refractivity contribution in [2.24, 2.45) is 5.92 Å². The Morgan fingerprint density at radius 2 is 1.82 bits per heavy atom. The lowest BCUT2D eigenvalue weighted by Crippen LogP contribution is -2.44. The zero-order chi connectivity index (χ0) is 20.6. The van der Waals surface area contributed by atoms with E-state index in [0.717, 1.165) is 32.4 Å². The summed E-state index contributed by atoms with van der Waals surface area (Å²) >= 11 is 0. The second-order valence-corrected chi connectivity index (χ2v) is 8.03. The van der Waals surface area contributed by atoms with Gasteiger partial charge in [-0.1, -0.05) is 20.8 Å². The summed E-state index contributed by atoms with van der Waals surface area (Å²) < 4.78 is 11.5. The maximum absolute atomic E-state index is 12.8. The van der Waals surface area contributed by atoms with Gasteiger partial charge in [0.25, 0.3) is 11.8 Å². The molecule has 0 saturated carbocycles. The van der Waals surface area contributed by atoms with Crippen LogP contribution in [0.5, 0.6) is 5.75 Å². The third kappa shape index (κ3) is 6.51. The number of nitrogens with one attached hydrogen (secondary N) is 1. The largest absolute Gasteiger partial charge is 0.484 e. The fourth-order valence-electron chi connectivity index (χ4n) is 3.42. The van der Waals surface area contributed by atoms with Crippen LogP contribution in [0, 0.1) is 5.92 Å². The molecule has 1 aromatic carbocycles. The monoisotopic (exact) mass is 390 g/mol. The number of carbonyl (C=O) groups is 2. The number of rotatable bonds is 10. The lowest BCUT2D eigenvalue weighted by atomic mass is 9.93. The molecule has 1 heterocycles. The third-order valence-corrected chi connectivity index (χ3v) is 4.84. The van der Waals surface area contributed by atoms with E-state index in [1.165, 1.54) is 0 Å². The van der Waals surface area contributed by atoms with Gasteiger partial charge in [-0.2, -0.15) is 0 Å². The Hall–Kier alpha value is -2.08. The van der Waals surface area contributed by atoms with E-state index < -0.39 is 5.60 Å². The molecule has 0 aromatic heterocycles. The first-order valence-corrected chi connectivity index (χ1v) is 10.3. The van der Waals surface area contributed by atoms with Crippen LogP contribution in [0.3, 0.4) is 0 Å². The van der Waals surface area contributed by atoms with Gasteiger partial charge in [-0.15, -0.1) is 0 Å². The summed E-state index contributed by atoms with van der Waals surface area (Å²) in [6, 6.07) is 7.09. The van der Waals surface area contributed by atoms with Crippen LogP contribution in [-0.4, -0.2) is 48.6 Å². The second kappa shape index (κ2) is 10.5. The Morgan fingerprint density at radius 1 is 1.18 bits per heavy atom. The standard InChI is InChI=1S/C22H34N2O4/c1-5-14-28-22(4,15-17(2)3)21(26)23-18-8-10-19(11-9-18)27-16-20(25)24-12-6-7-13-24/h8-11,17H,5-7,12-16H2,1-4H3,(H,23,26)/t22-/m1/s1. The first kappa shape index (κ1) is 22.2. The molecule has 1 aliphatic rings. The zero-order valence-electron chi connectivity index (χ0n) is 17.6. The highest BCUT2D eigenvalue weighted by Crippen LogP contribution is 2.24. The van der Waals surface area contributed by atoms with Crippen LogP contribution in [0.2, 0.25) is 0 Å². The normalized spacial score (nSPS) is 16.1. The molecule has 0 unspecified atom stereocenters. The SMILES string of the molecule is CCCO[C@](C)(CC(C)C)C(=O)Nc1ccc(OCC(=O)N2CCCC2)cc1. The van der Waals surface area contributed by atoms with Crippen molar-refractivity contribution in [2.75, 3.05) is 31.6 Å². The van der Waals surface area contributed by atoms with E-state index >= 15 is 0 Å². The maximum atomic E-state index is 12.8. The zero-order valence-corrected chi connectivity index (χ0v) is 17.6. The van der Waals surface area contributed by atoms with Crippen molar-refractivity contribution >= 4 is 17.5 Å². The fraction of sp³-hybridized carbons (Fsp3) is 0.636. The molecule has 0 spiro atoms. The van der Waals surface area contributed by atoms with Crippen molar-refractivity contribution in [1.29, 1.82) is 0 Å². The Labute approximate surface area is 168 Å². The number of ether oxygens (including phenoxy) is 2. The van der Waals surface area contributed by atoms with Crippen LogP contribution in [0.15, 0.2) is 24.3 Å². The van der Waals surface area contributed by atoms with Gasteiger partial charge in [0.1, 0.15) is 11.4 Å². The molecule has 2 rings (SSSR count). The first-order valence-electron chi connectivity index (χ1n) is 10.3. The van der Waals surface area contributed by atoms with Gasteiger partial charge in [-0.25, -0.2) is 0 Å². The van der Waals surface area contributed by atoms with Crippen LogP contribution in [0.25, 0.3) is 0 Å². The summed E-state index contributed by atoms with van der Waals surface area (Å²) in [5.74, 6) is 0.828. The second-order valence-electron chi connectivity index (χ2n) is 8.03. The number of anilines is 1. The Bertz CT molecular complexity index is 638. The molecule has 1 saturated heterocycles. The fourth-order valence-corrected chi connectivity index (χ4v) is 3.42. The molecule has 1 aromatic rings. The van der Waals surface area contributed by atoms with Crippen LogP contribution in [0.4, 0.5) is 5.69 Å². The van der Waals surface area contributed by atoms with Crippen LogP contribution >= 0.6 is 0 Å². The van der Waals surface area contributed by atoms with Gasteiger partial charge in [0, 0.05) is 25.4 Å². The molecular weight excluding hydrogens is 356 g/mol. The minimum absolute atomic E-state index is 0.0207. The third-order valence-electron chi connectivity index (χ3n) is 4.84. The summed E-state index contributed by atoms with van der Waals surface area (Å²) in [6.07, 6.45) is 3.65. The molecule has 1 N–H and O–H groups in total. The highest BCUT2D eigenvalue weighted by atomic mass is 16.5. The molecule has 1 fully saturated rings. The molecule has 0 radical (unpaired) electrons. The number of amides is 2. The smallest absolute Gasteiger partial charge is 0.260 e. The number of hydrogen-bond acceptors (Lipinski definition) is 4. The maximum Gasteiger partial charge on any atom is 0.260 e. The average Bonchev–Trinajstić information content (AvgIpc) is 3.20. The van der Waals surface area contributed by atoms with Gasteiger partial charge in [-0.3, -0.25) is 9.59 Å². The van der Waals surface area contributed by atoms with E-state index in [4.69, 9.17) is 9.47 Å². The van der Waals surface area contributed by atoms with Crippen LogP contribution < -0.4 is 10.1 Å². The van der Waals surface area contributed by atoms with Gasteiger partial charge < -0.3 is 19.7 Å². The molecule has 0 aliphatic carbocycles. The summed E-state index contributed by atoms with van der Waals surface area (Å²) in [6.45, 7) is 10.3. The van der Waals surface area contributed by atoms with Crippen LogP contribution in [-0.2, 0) is 14.3 Å². The Balaban J connectivity index is 1.90. The van der Waals surface area contributed by atoms with Crippen molar-refractivity contribution < 1.29 is 19.1 Å². The molecule has 156 valence electrons. The van der Waals surface area contributed by atoms with Gasteiger partial charge >= 0.3 is 0 Å². The van der Waals surface area contributed by atoms with E-state index in [1.807, 2.05) is 18.7 Å². The molecule has 28 heavy (non-hydrogen) atoms. The molecule has 1 aliphatic heterocycles. The van der Waals surface area contributed by atoms with Gasteiger partial charge in [-0.05, 0) is 62.8 Å². The highest BCUT2D eigenvalue weighted by molar-refractivity contribution is 5.97. The summed E-state index contributed by atoms with van der Waals surface area (Å²) in [5, 5.41) is 2.94. The minimum atomic E-state index is -0.860. The molecule has 0 bridgehead atoms. The molecule has 6 heteroatoms. The van der Waals surface area contributed by atoms with E-state index in [1.54, 1.807) is 24.3 Å². The van der Waals surface area contributed by atoms with Crippen molar-refractivity contribution in [3.8, 4) is 5.75 Å². The summed E-state index contributed by atoms with van der Waals surface area (Å²) in [4.78, 5) is 26.7. The van der Waals surface area contributed by atoms with Gasteiger partial charge in [0.15, 0.2) is 6.61 Å². The summed E-state index contributed by atoms with van der Waals surface area (Å²) in [5.41, 5.74) is -0.181.